The Balaban J connectivity index is 2.31. The fourth-order valence-corrected chi connectivity index (χ4v) is 1.94. The van der Waals surface area contributed by atoms with Gasteiger partial charge in [-0.1, -0.05) is 17.7 Å². The van der Waals surface area contributed by atoms with Crippen molar-refractivity contribution in [2.45, 2.75) is 19.4 Å². The molecule has 4 nitrogen and oxygen atoms in total. The van der Waals surface area contributed by atoms with Crippen molar-refractivity contribution in [2.24, 2.45) is 0 Å². The summed E-state index contributed by atoms with van der Waals surface area (Å²) in [5.74, 6) is -0.00148. The fourth-order valence-electron chi connectivity index (χ4n) is 1.74. The number of pyridine rings is 1. The Morgan fingerprint density at radius 3 is 2.09 bits per heavy atom. The quantitative estimate of drug-likeness (QED) is 0.898. The highest BCUT2D eigenvalue weighted by Crippen LogP contribution is 2.35. The van der Waals surface area contributed by atoms with E-state index in [1.54, 1.807) is 6.07 Å². The van der Waals surface area contributed by atoms with E-state index in [4.69, 9.17) is 26.6 Å². The molecule has 0 saturated heterocycles. The van der Waals surface area contributed by atoms with Crippen molar-refractivity contribution in [2.75, 3.05) is 0 Å². The third kappa shape index (κ3) is 3.88. The van der Waals surface area contributed by atoms with Crippen molar-refractivity contribution >= 4 is 11.6 Å². The Bertz CT molecular complexity index is 655. The minimum Gasteiger partial charge on any atom is -0.438 e. The number of halogens is 4. The van der Waals surface area contributed by atoms with Gasteiger partial charge < -0.3 is 14.9 Å². The van der Waals surface area contributed by atoms with E-state index in [0.29, 0.717) is 23.4 Å². The van der Waals surface area contributed by atoms with Gasteiger partial charge in [0, 0.05) is 6.20 Å². The molecule has 0 aliphatic heterocycles. The summed E-state index contributed by atoms with van der Waals surface area (Å²) in [4.78, 5) is 3.55. The average Bonchev–Trinajstić information content (AvgIpc) is 2.47. The lowest BCUT2D eigenvalue weighted by Crippen LogP contribution is -2.05. The normalized spacial score (nSPS) is 11.5. The molecular weight excluding hydrogens is 323 g/mol. The van der Waals surface area contributed by atoms with Crippen molar-refractivity contribution in [3.05, 3.63) is 52.2 Å². The van der Waals surface area contributed by atoms with Crippen molar-refractivity contribution in [3.8, 4) is 11.6 Å². The zero-order valence-corrected chi connectivity index (χ0v) is 11.8. The van der Waals surface area contributed by atoms with E-state index >= 15 is 0 Å². The number of benzene rings is 1. The number of ether oxygens (including phenoxy) is 1. The van der Waals surface area contributed by atoms with Crippen LogP contribution in [0.3, 0.4) is 0 Å². The van der Waals surface area contributed by atoms with Crippen LogP contribution in [-0.4, -0.2) is 15.2 Å². The molecule has 0 bridgehead atoms. The summed E-state index contributed by atoms with van der Waals surface area (Å²) in [5.41, 5.74) is -0.0285. The zero-order chi connectivity index (χ0) is 16.3. The molecule has 1 aromatic carbocycles. The highest BCUT2D eigenvalue weighted by atomic mass is 35.5. The van der Waals surface area contributed by atoms with E-state index in [2.05, 4.69) is 4.98 Å². The lowest BCUT2D eigenvalue weighted by atomic mass is 10.1. The van der Waals surface area contributed by atoms with Gasteiger partial charge >= 0.3 is 6.18 Å². The second-order valence-corrected chi connectivity index (χ2v) is 4.82. The second-order valence-electron chi connectivity index (χ2n) is 4.41. The van der Waals surface area contributed by atoms with Crippen LogP contribution in [0.25, 0.3) is 0 Å². The number of hydrogen-bond donors (Lipinski definition) is 2. The first-order valence-corrected chi connectivity index (χ1v) is 6.46. The molecule has 0 saturated carbocycles. The SMILES string of the molecule is OCc1cc(CO)cc(Oc2ncc(C(F)(F)F)cc2Cl)c1. The van der Waals surface area contributed by atoms with E-state index < -0.39 is 11.7 Å². The summed E-state index contributed by atoms with van der Waals surface area (Å²) in [6, 6.07) is 5.21. The summed E-state index contributed by atoms with van der Waals surface area (Å²) < 4.78 is 42.9. The maximum atomic E-state index is 12.5. The third-order valence-electron chi connectivity index (χ3n) is 2.74. The lowest BCUT2D eigenvalue weighted by molar-refractivity contribution is -0.137. The number of hydrogen-bond acceptors (Lipinski definition) is 4. The van der Waals surface area contributed by atoms with Gasteiger partial charge in [0.15, 0.2) is 0 Å². The first-order valence-electron chi connectivity index (χ1n) is 6.08. The third-order valence-corrected chi connectivity index (χ3v) is 3.01. The van der Waals surface area contributed by atoms with Crippen molar-refractivity contribution < 1.29 is 28.1 Å². The summed E-state index contributed by atoms with van der Waals surface area (Å²) in [5, 5.41) is 18.0. The summed E-state index contributed by atoms with van der Waals surface area (Å²) in [7, 11) is 0. The molecule has 8 heteroatoms. The van der Waals surface area contributed by atoms with Crippen molar-refractivity contribution in [1.82, 2.24) is 4.98 Å². The summed E-state index contributed by atoms with van der Waals surface area (Å²) in [6.45, 7) is -0.559. The van der Waals surface area contributed by atoms with Crippen LogP contribution in [0.2, 0.25) is 5.02 Å². The molecule has 2 N–H and O–H groups in total. The van der Waals surface area contributed by atoms with Crippen LogP contribution in [0.4, 0.5) is 13.2 Å². The smallest absolute Gasteiger partial charge is 0.417 e. The van der Waals surface area contributed by atoms with Gasteiger partial charge in [0.25, 0.3) is 0 Å². The van der Waals surface area contributed by atoms with E-state index in [0.717, 1.165) is 0 Å². The Morgan fingerprint density at radius 2 is 1.64 bits per heavy atom. The number of aliphatic hydroxyl groups is 2. The molecule has 2 rings (SSSR count). The highest BCUT2D eigenvalue weighted by molar-refractivity contribution is 6.31. The van der Waals surface area contributed by atoms with Crippen LogP contribution in [-0.2, 0) is 19.4 Å². The van der Waals surface area contributed by atoms with Crippen LogP contribution in [0.1, 0.15) is 16.7 Å². The summed E-state index contributed by atoms with van der Waals surface area (Å²) >= 11 is 5.75. The molecule has 0 aliphatic rings. The number of aromatic nitrogens is 1. The molecule has 1 heterocycles. The summed E-state index contributed by atoms with van der Waals surface area (Å²) in [6.07, 6.45) is -3.93. The van der Waals surface area contributed by atoms with Crippen LogP contribution in [0, 0.1) is 0 Å². The predicted octanol–water partition coefficient (Wildman–Crippen LogP) is 3.53. The zero-order valence-electron chi connectivity index (χ0n) is 11.1. The van der Waals surface area contributed by atoms with E-state index in [1.165, 1.54) is 12.1 Å². The molecule has 0 spiro atoms. The molecule has 22 heavy (non-hydrogen) atoms. The molecule has 1 aromatic heterocycles. The van der Waals surface area contributed by atoms with E-state index in [9.17, 15) is 13.2 Å². The predicted molar refractivity (Wildman–Crippen MR) is 72.6 cm³/mol. The molecule has 0 fully saturated rings. The molecule has 0 radical (unpaired) electrons. The van der Waals surface area contributed by atoms with Gasteiger partial charge in [-0.05, 0) is 29.3 Å². The molecular formula is C14H11ClF3NO3. The minimum absolute atomic E-state index is 0.199. The largest absolute Gasteiger partial charge is 0.438 e. The maximum absolute atomic E-state index is 12.5. The number of nitrogens with zero attached hydrogens (tertiary/aromatic N) is 1. The van der Waals surface area contributed by atoms with Gasteiger partial charge in [0.05, 0.1) is 18.8 Å². The van der Waals surface area contributed by atoms with Crippen LogP contribution in [0.5, 0.6) is 11.6 Å². The fraction of sp³-hybridized carbons (Fsp3) is 0.214. The Morgan fingerprint density at radius 1 is 1.05 bits per heavy atom. The first kappa shape index (κ1) is 16.5. The Labute approximate surface area is 128 Å². The van der Waals surface area contributed by atoms with Gasteiger partial charge in [0.1, 0.15) is 10.8 Å². The average molecular weight is 334 g/mol. The van der Waals surface area contributed by atoms with Gasteiger partial charge in [-0.15, -0.1) is 0 Å². The van der Waals surface area contributed by atoms with Gasteiger partial charge in [-0.25, -0.2) is 4.98 Å². The standard InChI is InChI=1S/C14H11ClF3NO3/c15-12-4-10(14(16,17)18)5-19-13(12)22-11-2-8(6-20)1-9(3-11)7-21/h1-5,20-21H,6-7H2. The maximum Gasteiger partial charge on any atom is 0.417 e. The van der Waals surface area contributed by atoms with Crippen LogP contribution < -0.4 is 4.74 Å². The van der Waals surface area contributed by atoms with E-state index in [-0.39, 0.29) is 29.9 Å². The van der Waals surface area contributed by atoms with E-state index in [1.807, 2.05) is 0 Å². The molecule has 118 valence electrons. The van der Waals surface area contributed by atoms with Crippen molar-refractivity contribution in [3.63, 3.8) is 0 Å². The van der Waals surface area contributed by atoms with Gasteiger partial charge in [0.2, 0.25) is 5.88 Å². The van der Waals surface area contributed by atoms with Crippen LogP contribution >= 0.6 is 11.6 Å². The molecule has 2 aromatic rings. The Hall–Kier alpha value is -1.83. The number of rotatable bonds is 4. The van der Waals surface area contributed by atoms with Gasteiger partial charge in [-0.2, -0.15) is 13.2 Å². The second kappa shape index (κ2) is 6.51. The molecule has 0 amide bonds. The topological polar surface area (TPSA) is 62.6 Å². The van der Waals surface area contributed by atoms with Crippen molar-refractivity contribution in [1.29, 1.82) is 0 Å². The minimum atomic E-state index is -4.55. The molecule has 0 unspecified atom stereocenters. The number of alkyl halides is 3. The number of aliphatic hydroxyl groups excluding tert-OH is 2. The lowest BCUT2D eigenvalue weighted by Gasteiger charge is -2.11. The van der Waals surface area contributed by atoms with Gasteiger partial charge in [-0.3, -0.25) is 0 Å². The highest BCUT2D eigenvalue weighted by Gasteiger charge is 2.31. The monoisotopic (exact) mass is 333 g/mol. The Kier molecular flexibility index (Phi) is 4.90. The molecule has 0 atom stereocenters. The molecule has 0 aliphatic carbocycles. The first-order chi connectivity index (χ1) is 10.3. The van der Waals surface area contributed by atoms with Crippen LogP contribution in [0.15, 0.2) is 30.5 Å².